The lowest BCUT2D eigenvalue weighted by Gasteiger charge is -2.08. The maximum absolute atomic E-state index is 13.5. The molecule has 0 unspecified atom stereocenters. The highest BCUT2D eigenvalue weighted by Crippen LogP contribution is 2.25. The number of carbonyl (C=O) groups is 1. The van der Waals surface area contributed by atoms with Gasteiger partial charge in [0.1, 0.15) is 23.1 Å². The molecule has 2 rings (SSSR count). The van der Waals surface area contributed by atoms with Crippen molar-refractivity contribution in [2.45, 2.75) is 0 Å². The quantitative estimate of drug-likeness (QED) is 0.621. The van der Waals surface area contributed by atoms with Gasteiger partial charge < -0.3 is 9.47 Å². The Labute approximate surface area is 126 Å². The van der Waals surface area contributed by atoms with Gasteiger partial charge in [-0.2, -0.15) is 0 Å². The highest BCUT2D eigenvalue weighted by Gasteiger charge is 2.11. The largest absolute Gasteiger partial charge is 0.497 e. The van der Waals surface area contributed by atoms with E-state index in [2.05, 4.69) is 0 Å². The van der Waals surface area contributed by atoms with E-state index in [1.165, 1.54) is 26.4 Å². The van der Waals surface area contributed by atoms with Crippen molar-refractivity contribution in [2.75, 3.05) is 14.2 Å². The van der Waals surface area contributed by atoms with Crippen LogP contribution in [0.1, 0.15) is 15.9 Å². The number of halogens is 2. The monoisotopic (exact) mass is 304 g/mol. The topological polar surface area (TPSA) is 35.5 Å². The van der Waals surface area contributed by atoms with Crippen LogP contribution in [0, 0.1) is 11.6 Å². The fourth-order valence-corrected chi connectivity index (χ4v) is 1.90. The maximum atomic E-state index is 13.5. The fourth-order valence-electron chi connectivity index (χ4n) is 1.90. The van der Waals surface area contributed by atoms with E-state index < -0.39 is 11.6 Å². The Morgan fingerprint density at radius 2 is 1.82 bits per heavy atom. The normalized spacial score (nSPS) is 10.7. The number of carbonyl (C=O) groups excluding carboxylic acids is 1. The summed E-state index contributed by atoms with van der Waals surface area (Å²) in [4.78, 5) is 12.2. The molecule has 22 heavy (non-hydrogen) atoms. The van der Waals surface area contributed by atoms with Crippen LogP contribution >= 0.6 is 0 Å². The van der Waals surface area contributed by atoms with Gasteiger partial charge in [-0.25, -0.2) is 8.78 Å². The maximum Gasteiger partial charge on any atom is 0.189 e. The van der Waals surface area contributed by atoms with Gasteiger partial charge in [0.15, 0.2) is 5.78 Å². The van der Waals surface area contributed by atoms with Crippen molar-refractivity contribution < 1.29 is 23.0 Å². The molecule has 0 aliphatic rings. The molecule has 0 aliphatic carbocycles. The lowest BCUT2D eigenvalue weighted by Crippen LogP contribution is -1.99. The van der Waals surface area contributed by atoms with E-state index in [0.29, 0.717) is 17.1 Å². The summed E-state index contributed by atoms with van der Waals surface area (Å²) in [6, 6.07) is 7.78. The number of ketones is 1. The van der Waals surface area contributed by atoms with E-state index in [1.807, 2.05) is 0 Å². The van der Waals surface area contributed by atoms with Crippen LogP contribution in [0.2, 0.25) is 0 Å². The third kappa shape index (κ3) is 3.49. The summed E-state index contributed by atoms with van der Waals surface area (Å²) in [7, 11) is 2.93. The molecule has 0 fully saturated rings. The van der Waals surface area contributed by atoms with Crippen LogP contribution in [0.5, 0.6) is 11.5 Å². The smallest absolute Gasteiger partial charge is 0.189 e. The molecule has 0 amide bonds. The summed E-state index contributed by atoms with van der Waals surface area (Å²) >= 11 is 0. The highest BCUT2D eigenvalue weighted by atomic mass is 19.1. The first-order chi connectivity index (χ1) is 10.5. The molecule has 2 aromatic carbocycles. The van der Waals surface area contributed by atoms with Crippen LogP contribution in [0.4, 0.5) is 8.78 Å². The van der Waals surface area contributed by atoms with Crippen molar-refractivity contribution in [3.05, 3.63) is 65.2 Å². The van der Waals surface area contributed by atoms with E-state index in [1.54, 1.807) is 18.2 Å². The Hall–Kier alpha value is -2.69. The van der Waals surface area contributed by atoms with Gasteiger partial charge in [0.2, 0.25) is 0 Å². The second-order valence-electron chi connectivity index (χ2n) is 4.43. The number of allylic oxidation sites excluding steroid dienone is 1. The molecule has 5 heteroatoms. The zero-order valence-corrected chi connectivity index (χ0v) is 12.1. The summed E-state index contributed by atoms with van der Waals surface area (Å²) < 4.78 is 36.8. The van der Waals surface area contributed by atoms with Crippen LogP contribution in [0.25, 0.3) is 6.08 Å². The number of benzene rings is 2. The number of methoxy groups -OCH3 is 2. The van der Waals surface area contributed by atoms with Crippen molar-refractivity contribution in [3.8, 4) is 11.5 Å². The van der Waals surface area contributed by atoms with E-state index in [-0.39, 0.29) is 11.3 Å². The van der Waals surface area contributed by atoms with Crippen LogP contribution < -0.4 is 9.47 Å². The van der Waals surface area contributed by atoms with Crippen molar-refractivity contribution in [1.82, 2.24) is 0 Å². The molecule has 0 spiro atoms. The van der Waals surface area contributed by atoms with Gasteiger partial charge in [0.05, 0.1) is 19.8 Å². The first-order valence-electron chi connectivity index (χ1n) is 6.44. The number of rotatable bonds is 5. The molecule has 2 aromatic rings. The van der Waals surface area contributed by atoms with E-state index >= 15 is 0 Å². The van der Waals surface area contributed by atoms with Crippen molar-refractivity contribution in [1.29, 1.82) is 0 Å². The number of hydrogen-bond donors (Lipinski definition) is 0. The average molecular weight is 304 g/mol. The molecule has 0 aliphatic heterocycles. The molecule has 3 nitrogen and oxygen atoms in total. The predicted molar refractivity (Wildman–Crippen MR) is 79.3 cm³/mol. The van der Waals surface area contributed by atoms with Gasteiger partial charge >= 0.3 is 0 Å². The molecule has 0 N–H and O–H groups in total. The molecular weight excluding hydrogens is 290 g/mol. The van der Waals surface area contributed by atoms with E-state index in [0.717, 1.165) is 18.2 Å². The van der Waals surface area contributed by atoms with E-state index in [4.69, 9.17) is 9.47 Å². The Balaban J connectivity index is 2.29. The standard InChI is InChI=1S/C17H14F2O3/c1-21-13-5-6-14(17(10-13)22-2)16(20)8-3-11-9-12(18)4-7-15(11)19/h3-10H,1-2H3/b8-3+. The van der Waals surface area contributed by atoms with E-state index in [9.17, 15) is 13.6 Å². The second kappa shape index (κ2) is 6.85. The molecule has 0 saturated heterocycles. The predicted octanol–water partition coefficient (Wildman–Crippen LogP) is 3.88. The molecule has 0 heterocycles. The van der Waals surface area contributed by atoms with Crippen LogP contribution in [-0.2, 0) is 0 Å². The fraction of sp³-hybridized carbons (Fsp3) is 0.118. The number of hydrogen-bond acceptors (Lipinski definition) is 3. The average Bonchev–Trinajstić information content (AvgIpc) is 2.54. The first kappa shape index (κ1) is 15.7. The molecular formula is C17H14F2O3. The third-order valence-electron chi connectivity index (χ3n) is 3.05. The first-order valence-corrected chi connectivity index (χ1v) is 6.44. The van der Waals surface area contributed by atoms with Gasteiger partial charge in [-0.1, -0.05) is 0 Å². The minimum Gasteiger partial charge on any atom is -0.497 e. The highest BCUT2D eigenvalue weighted by molar-refractivity contribution is 6.08. The summed E-state index contributed by atoms with van der Waals surface area (Å²) in [5, 5.41) is 0. The van der Waals surface area contributed by atoms with Crippen LogP contribution in [0.3, 0.4) is 0 Å². The molecule has 0 aromatic heterocycles. The summed E-state index contributed by atoms with van der Waals surface area (Å²) in [6.07, 6.45) is 2.40. The molecule has 0 saturated carbocycles. The zero-order valence-electron chi connectivity index (χ0n) is 12.1. The molecule has 0 bridgehead atoms. The van der Waals surface area contributed by atoms with Crippen LogP contribution in [-0.4, -0.2) is 20.0 Å². The lowest BCUT2D eigenvalue weighted by molar-refractivity contribution is 0.104. The zero-order chi connectivity index (χ0) is 16.1. The summed E-state index contributed by atoms with van der Waals surface area (Å²) in [6.45, 7) is 0. The van der Waals surface area contributed by atoms with Gasteiger partial charge in [-0.05, 0) is 42.5 Å². The minimum atomic E-state index is -0.604. The second-order valence-corrected chi connectivity index (χ2v) is 4.43. The Morgan fingerprint density at radius 3 is 2.50 bits per heavy atom. The van der Waals surface area contributed by atoms with Gasteiger partial charge in [-0.15, -0.1) is 0 Å². The lowest BCUT2D eigenvalue weighted by atomic mass is 10.1. The Morgan fingerprint density at radius 1 is 1.05 bits per heavy atom. The Kier molecular flexibility index (Phi) is 4.88. The van der Waals surface area contributed by atoms with Gasteiger partial charge in [0.25, 0.3) is 0 Å². The molecule has 0 atom stereocenters. The third-order valence-corrected chi connectivity index (χ3v) is 3.05. The molecule has 0 radical (unpaired) electrons. The Bertz CT molecular complexity index is 724. The van der Waals surface area contributed by atoms with Crippen LogP contribution in [0.15, 0.2) is 42.5 Å². The molecule has 114 valence electrons. The SMILES string of the molecule is COc1ccc(C(=O)/C=C/c2cc(F)ccc2F)c(OC)c1. The summed E-state index contributed by atoms with van der Waals surface area (Å²) in [5.41, 5.74) is 0.303. The van der Waals surface area contributed by atoms with Crippen molar-refractivity contribution >= 4 is 11.9 Å². The van der Waals surface area contributed by atoms with Crippen molar-refractivity contribution in [2.24, 2.45) is 0 Å². The summed E-state index contributed by atoms with van der Waals surface area (Å²) in [5.74, 6) is -0.673. The number of ether oxygens (including phenoxy) is 2. The van der Waals surface area contributed by atoms with Gasteiger partial charge in [-0.3, -0.25) is 4.79 Å². The minimum absolute atomic E-state index is 0.000767. The van der Waals surface area contributed by atoms with Crippen molar-refractivity contribution in [3.63, 3.8) is 0 Å². The van der Waals surface area contributed by atoms with Gasteiger partial charge in [0, 0.05) is 11.6 Å².